The van der Waals surface area contributed by atoms with Crippen LogP contribution in [0.4, 0.5) is 0 Å². The Hall–Kier alpha value is -1.36. The van der Waals surface area contributed by atoms with E-state index in [1.807, 2.05) is 19.1 Å². The number of hydrogen-bond acceptors (Lipinski definition) is 3. The molecular weight excluding hydrogens is 278 g/mol. The number of aryl methyl sites for hydroxylation is 1. The van der Waals surface area contributed by atoms with E-state index in [1.54, 1.807) is 12.1 Å². The highest BCUT2D eigenvalue weighted by atomic mass is 35.5. The molecule has 1 aromatic carbocycles. The molecule has 0 aromatic heterocycles. The predicted molar refractivity (Wildman–Crippen MR) is 78.6 cm³/mol. The summed E-state index contributed by atoms with van der Waals surface area (Å²) in [5, 5.41) is 13.4. The monoisotopic (exact) mass is 295 g/mol. The zero-order chi connectivity index (χ0) is 14.6. The molecule has 1 unspecified atom stereocenters. The van der Waals surface area contributed by atoms with Gasteiger partial charge in [0.25, 0.3) is 0 Å². The Bertz CT molecular complexity index is 522. The molecule has 1 atom stereocenters. The van der Waals surface area contributed by atoms with E-state index in [4.69, 9.17) is 16.3 Å². The Morgan fingerprint density at radius 1 is 1.60 bits per heavy atom. The maximum absolute atomic E-state index is 11.7. The van der Waals surface area contributed by atoms with E-state index in [0.29, 0.717) is 18.1 Å². The molecular formula is C15H18ClNO3. The molecule has 0 bridgehead atoms. The molecule has 108 valence electrons. The van der Waals surface area contributed by atoms with E-state index in [0.717, 1.165) is 11.1 Å². The van der Waals surface area contributed by atoms with Crippen LogP contribution in [0.5, 0.6) is 0 Å². The first kappa shape index (κ1) is 15.0. The summed E-state index contributed by atoms with van der Waals surface area (Å²) in [5.41, 5.74) is 0.923. The summed E-state index contributed by atoms with van der Waals surface area (Å²) in [6.45, 7) is 2.92. The number of halogens is 1. The van der Waals surface area contributed by atoms with Crippen LogP contribution in [0.2, 0.25) is 5.02 Å². The molecule has 1 aliphatic heterocycles. The number of aliphatic hydroxyl groups is 1. The van der Waals surface area contributed by atoms with Crippen LogP contribution in [-0.4, -0.2) is 36.4 Å². The predicted octanol–water partition coefficient (Wildman–Crippen LogP) is 1.93. The molecule has 1 amide bonds. The van der Waals surface area contributed by atoms with Gasteiger partial charge < -0.3 is 15.2 Å². The fourth-order valence-corrected chi connectivity index (χ4v) is 2.12. The third-order valence-corrected chi connectivity index (χ3v) is 3.70. The van der Waals surface area contributed by atoms with E-state index >= 15 is 0 Å². The second kappa shape index (κ2) is 6.39. The fourth-order valence-electron chi connectivity index (χ4n) is 1.93. The van der Waals surface area contributed by atoms with Crippen LogP contribution < -0.4 is 5.32 Å². The largest absolute Gasteiger partial charge is 0.386 e. The van der Waals surface area contributed by atoms with Crippen molar-refractivity contribution in [1.82, 2.24) is 5.32 Å². The zero-order valence-electron chi connectivity index (χ0n) is 11.4. The summed E-state index contributed by atoms with van der Waals surface area (Å²) < 4.78 is 5.11. The molecule has 1 aromatic rings. The van der Waals surface area contributed by atoms with Gasteiger partial charge in [0, 0.05) is 30.7 Å². The number of nitrogens with one attached hydrogen (secondary N) is 1. The third kappa shape index (κ3) is 4.07. The van der Waals surface area contributed by atoms with Crippen LogP contribution in [-0.2, 0) is 9.53 Å². The van der Waals surface area contributed by atoms with Gasteiger partial charge in [-0.1, -0.05) is 23.7 Å². The Kier molecular flexibility index (Phi) is 4.81. The molecule has 0 saturated carbocycles. The van der Waals surface area contributed by atoms with Gasteiger partial charge in [0.05, 0.1) is 6.61 Å². The molecule has 4 nitrogen and oxygen atoms in total. The van der Waals surface area contributed by atoms with Gasteiger partial charge in [0.15, 0.2) is 0 Å². The molecule has 1 fully saturated rings. The second-order valence-electron chi connectivity index (χ2n) is 5.09. The van der Waals surface area contributed by atoms with Crippen molar-refractivity contribution in [2.24, 2.45) is 0 Å². The average Bonchev–Trinajstić information content (AvgIpc) is 2.85. The van der Waals surface area contributed by atoms with Crippen molar-refractivity contribution in [1.29, 1.82) is 0 Å². The number of ether oxygens (including phenoxy) is 1. The van der Waals surface area contributed by atoms with Gasteiger partial charge in [-0.2, -0.15) is 0 Å². The van der Waals surface area contributed by atoms with Gasteiger partial charge in [0.1, 0.15) is 5.60 Å². The number of rotatable bonds is 4. The SMILES string of the molecule is Cc1ccc(/C=C/C(=O)NCC2(O)CCOC2)cc1Cl. The summed E-state index contributed by atoms with van der Waals surface area (Å²) >= 11 is 6.01. The first-order chi connectivity index (χ1) is 9.48. The number of benzene rings is 1. The van der Waals surface area contributed by atoms with E-state index in [2.05, 4.69) is 5.32 Å². The van der Waals surface area contributed by atoms with Crippen LogP contribution in [0.3, 0.4) is 0 Å². The molecule has 0 radical (unpaired) electrons. The summed E-state index contributed by atoms with van der Waals surface area (Å²) in [5.74, 6) is -0.248. The molecule has 20 heavy (non-hydrogen) atoms. The van der Waals surface area contributed by atoms with Gasteiger partial charge in [-0.05, 0) is 30.2 Å². The Balaban J connectivity index is 1.87. The number of carbonyl (C=O) groups is 1. The van der Waals surface area contributed by atoms with Crippen LogP contribution >= 0.6 is 11.6 Å². The van der Waals surface area contributed by atoms with Crippen molar-refractivity contribution in [2.45, 2.75) is 18.9 Å². The topological polar surface area (TPSA) is 58.6 Å². The number of carbonyl (C=O) groups excluding carboxylic acids is 1. The minimum atomic E-state index is -0.934. The summed E-state index contributed by atoms with van der Waals surface area (Å²) in [4.78, 5) is 11.7. The number of hydrogen-bond donors (Lipinski definition) is 2. The van der Waals surface area contributed by atoms with Crippen molar-refractivity contribution in [3.63, 3.8) is 0 Å². The van der Waals surface area contributed by atoms with E-state index in [1.165, 1.54) is 6.08 Å². The minimum absolute atomic E-state index is 0.199. The standard InChI is InChI=1S/C15H18ClNO3/c1-11-2-3-12(8-13(11)16)4-5-14(18)17-9-15(19)6-7-20-10-15/h2-5,8,19H,6-7,9-10H2,1H3,(H,17,18)/b5-4+. The fraction of sp³-hybridized carbons (Fsp3) is 0.400. The van der Waals surface area contributed by atoms with E-state index in [9.17, 15) is 9.90 Å². The molecule has 1 saturated heterocycles. The normalized spacial score (nSPS) is 22.4. The molecule has 2 rings (SSSR count). The smallest absolute Gasteiger partial charge is 0.244 e. The van der Waals surface area contributed by atoms with Crippen LogP contribution in [0.25, 0.3) is 6.08 Å². The quantitative estimate of drug-likeness (QED) is 0.835. The number of amides is 1. The van der Waals surface area contributed by atoms with Crippen LogP contribution in [0.1, 0.15) is 17.5 Å². The van der Waals surface area contributed by atoms with Crippen LogP contribution in [0, 0.1) is 6.92 Å². The Morgan fingerprint density at radius 2 is 2.40 bits per heavy atom. The summed E-state index contributed by atoms with van der Waals surface area (Å²) in [6, 6.07) is 5.60. The Labute approximate surface area is 123 Å². The lowest BCUT2D eigenvalue weighted by Gasteiger charge is -2.19. The highest BCUT2D eigenvalue weighted by Crippen LogP contribution is 2.18. The minimum Gasteiger partial charge on any atom is -0.386 e. The van der Waals surface area contributed by atoms with Gasteiger partial charge >= 0.3 is 0 Å². The first-order valence-corrected chi connectivity index (χ1v) is 6.88. The zero-order valence-corrected chi connectivity index (χ0v) is 12.1. The van der Waals surface area contributed by atoms with Crippen molar-refractivity contribution >= 4 is 23.6 Å². The Morgan fingerprint density at radius 3 is 3.05 bits per heavy atom. The van der Waals surface area contributed by atoms with Crippen molar-refractivity contribution in [3.05, 3.63) is 40.4 Å². The first-order valence-electron chi connectivity index (χ1n) is 6.51. The van der Waals surface area contributed by atoms with Gasteiger partial charge in [-0.15, -0.1) is 0 Å². The lowest BCUT2D eigenvalue weighted by Crippen LogP contribution is -2.42. The van der Waals surface area contributed by atoms with Gasteiger partial charge in [-0.25, -0.2) is 0 Å². The maximum Gasteiger partial charge on any atom is 0.244 e. The second-order valence-corrected chi connectivity index (χ2v) is 5.49. The van der Waals surface area contributed by atoms with Gasteiger partial charge in [0.2, 0.25) is 5.91 Å². The average molecular weight is 296 g/mol. The molecule has 2 N–H and O–H groups in total. The lowest BCUT2D eigenvalue weighted by molar-refractivity contribution is -0.117. The van der Waals surface area contributed by atoms with Crippen molar-refractivity contribution in [2.75, 3.05) is 19.8 Å². The van der Waals surface area contributed by atoms with E-state index in [-0.39, 0.29) is 19.1 Å². The highest BCUT2D eigenvalue weighted by Gasteiger charge is 2.32. The lowest BCUT2D eigenvalue weighted by atomic mass is 10.0. The van der Waals surface area contributed by atoms with E-state index < -0.39 is 5.60 Å². The highest BCUT2D eigenvalue weighted by molar-refractivity contribution is 6.31. The molecule has 0 spiro atoms. The molecule has 1 heterocycles. The summed E-state index contributed by atoms with van der Waals surface area (Å²) in [7, 11) is 0. The van der Waals surface area contributed by atoms with Crippen molar-refractivity contribution < 1.29 is 14.6 Å². The molecule has 1 aliphatic rings. The molecule has 0 aliphatic carbocycles. The van der Waals surface area contributed by atoms with Crippen molar-refractivity contribution in [3.8, 4) is 0 Å². The summed E-state index contributed by atoms with van der Waals surface area (Å²) in [6.07, 6.45) is 3.67. The third-order valence-electron chi connectivity index (χ3n) is 3.30. The van der Waals surface area contributed by atoms with Gasteiger partial charge in [-0.3, -0.25) is 4.79 Å². The maximum atomic E-state index is 11.7. The van der Waals surface area contributed by atoms with Crippen LogP contribution in [0.15, 0.2) is 24.3 Å². The molecule has 5 heteroatoms.